The molecule has 0 spiro atoms. The lowest BCUT2D eigenvalue weighted by Crippen LogP contribution is -2.23. The van der Waals surface area contributed by atoms with Crippen LogP contribution in [0.2, 0.25) is 0 Å². The van der Waals surface area contributed by atoms with Crippen LogP contribution in [-0.4, -0.2) is 31.8 Å². The standard InChI is InChI=1S/C26H23N3O3S/c1-14-5-9-18(10-6-14)20-13-21(19-11-7-15(2)8-12-19)27-24-22(20)25(32)29-26(28-24)33-23(16(3)30)17(4)31/h5-13,23H,1-4H3,(H,27,28,29,32). The average molecular weight is 458 g/mol. The summed E-state index contributed by atoms with van der Waals surface area (Å²) in [6, 6.07) is 17.8. The van der Waals surface area contributed by atoms with Gasteiger partial charge in [0.15, 0.2) is 22.4 Å². The number of pyridine rings is 1. The van der Waals surface area contributed by atoms with E-state index in [1.54, 1.807) is 0 Å². The third-order valence-corrected chi connectivity index (χ3v) is 6.65. The highest BCUT2D eigenvalue weighted by Crippen LogP contribution is 2.31. The fraction of sp³-hybridized carbons (Fsp3) is 0.192. The van der Waals surface area contributed by atoms with Crippen molar-refractivity contribution in [1.29, 1.82) is 0 Å². The molecular weight excluding hydrogens is 434 g/mol. The van der Waals surface area contributed by atoms with E-state index < -0.39 is 5.25 Å². The number of fused-ring (bicyclic) bond motifs is 1. The normalized spacial score (nSPS) is 11.2. The van der Waals surface area contributed by atoms with E-state index in [1.807, 2.05) is 68.4 Å². The van der Waals surface area contributed by atoms with E-state index in [-0.39, 0.29) is 27.9 Å². The van der Waals surface area contributed by atoms with Crippen molar-refractivity contribution in [2.45, 2.75) is 38.1 Å². The second-order valence-corrected chi connectivity index (χ2v) is 9.17. The smallest absolute Gasteiger partial charge is 0.261 e. The number of aryl methyl sites for hydroxylation is 2. The molecule has 2 aromatic carbocycles. The van der Waals surface area contributed by atoms with Gasteiger partial charge in [-0.3, -0.25) is 14.4 Å². The molecule has 33 heavy (non-hydrogen) atoms. The number of benzene rings is 2. The van der Waals surface area contributed by atoms with Crippen LogP contribution in [0.5, 0.6) is 0 Å². The van der Waals surface area contributed by atoms with E-state index in [1.165, 1.54) is 13.8 Å². The predicted molar refractivity (Wildman–Crippen MR) is 132 cm³/mol. The minimum atomic E-state index is -0.928. The molecule has 0 aliphatic carbocycles. The molecule has 0 bridgehead atoms. The maximum atomic E-state index is 13.2. The molecule has 1 N–H and O–H groups in total. The number of Topliss-reactive ketones (excluding diaryl/α,β-unsaturated/α-hetero) is 2. The van der Waals surface area contributed by atoms with E-state index in [2.05, 4.69) is 15.0 Å². The second kappa shape index (κ2) is 9.11. The molecule has 0 amide bonds. The number of carbonyl (C=O) groups excluding carboxylic acids is 2. The highest BCUT2D eigenvalue weighted by molar-refractivity contribution is 8.01. The van der Waals surface area contributed by atoms with E-state index in [0.29, 0.717) is 11.1 Å². The van der Waals surface area contributed by atoms with Crippen molar-refractivity contribution in [1.82, 2.24) is 15.0 Å². The fourth-order valence-corrected chi connectivity index (χ4v) is 4.42. The summed E-state index contributed by atoms with van der Waals surface area (Å²) < 4.78 is 0. The molecule has 0 radical (unpaired) electrons. The Morgan fingerprint density at radius 3 is 1.94 bits per heavy atom. The molecule has 0 aliphatic rings. The Kier molecular flexibility index (Phi) is 6.24. The number of aromatic amines is 1. The van der Waals surface area contributed by atoms with Gasteiger partial charge in [-0.05, 0) is 39.3 Å². The average Bonchev–Trinajstić information content (AvgIpc) is 2.77. The maximum Gasteiger partial charge on any atom is 0.261 e. The van der Waals surface area contributed by atoms with Crippen molar-refractivity contribution in [3.63, 3.8) is 0 Å². The van der Waals surface area contributed by atoms with Crippen LogP contribution in [0.15, 0.2) is 64.5 Å². The summed E-state index contributed by atoms with van der Waals surface area (Å²) in [6.45, 7) is 6.72. The van der Waals surface area contributed by atoms with Gasteiger partial charge in [0, 0.05) is 11.1 Å². The SMILES string of the molecule is CC(=O)C(Sc1nc2nc(-c3ccc(C)cc3)cc(-c3ccc(C)cc3)c2c(=O)[nH]1)C(C)=O. The Hall–Kier alpha value is -3.58. The van der Waals surface area contributed by atoms with Gasteiger partial charge >= 0.3 is 0 Å². The van der Waals surface area contributed by atoms with Crippen LogP contribution in [0.3, 0.4) is 0 Å². The lowest BCUT2D eigenvalue weighted by Gasteiger charge is -2.12. The largest absolute Gasteiger partial charge is 0.301 e. The van der Waals surface area contributed by atoms with E-state index in [0.717, 1.165) is 39.6 Å². The first kappa shape index (κ1) is 22.6. The Morgan fingerprint density at radius 1 is 0.848 bits per heavy atom. The minimum absolute atomic E-state index is 0.186. The number of hydrogen-bond acceptors (Lipinski definition) is 6. The van der Waals surface area contributed by atoms with Crippen molar-refractivity contribution in [3.8, 4) is 22.4 Å². The highest BCUT2D eigenvalue weighted by atomic mass is 32.2. The van der Waals surface area contributed by atoms with Gasteiger partial charge in [-0.15, -0.1) is 0 Å². The predicted octanol–water partition coefficient (Wildman–Crippen LogP) is 4.91. The minimum Gasteiger partial charge on any atom is -0.301 e. The quantitative estimate of drug-likeness (QED) is 0.251. The molecule has 4 aromatic rings. The van der Waals surface area contributed by atoms with E-state index in [4.69, 9.17) is 0 Å². The monoisotopic (exact) mass is 457 g/mol. The number of carbonyl (C=O) groups is 2. The number of nitrogens with one attached hydrogen (secondary N) is 1. The van der Waals surface area contributed by atoms with Gasteiger partial charge in [0.2, 0.25) is 0 Å². The second-order valence-electron chi connectivity index (χ2n) is 8.08. The van der Waals surface area contributed by atoms with E-state index in [9.17, 15) is 14.4 Å². The Labute approximate surface area is 195 Å². The third kappa shape index (κ3) is 4.78. The molecule has 2 heterocycles. The number of hydrogen-bond donors (Lipinski definition) is 1. The molecule has 0 saturated carbocycles. The molecule has 0 saturated heterocycles. The molecule has 7 heteroatoms. The van der Waals surface area contributed by atoms with Crippen molar-refractivity contribution >= 4 is 34.4 Å². The lowest BCUT2D eigenvalue weighted by molar-refractivity contribution is -0.123. The third-order valence-electron chi connectivity index (χ3n) is 5.33. The van der Waals surface area contributed by atoms with Crippen LogP contribution < -0.4 is 5.56 Å². The topological polar surface area (TPSA) is 92.8 Å². The molecule has 6 nitrogen and oxygen atoms in total. The molecule has 166 valence electrons. The van der Waals surface area contributed by atoms with Crippen LogP contribution in [-0.2, 0) is 9.59 Å². The summed E-state index contributed by atoms with van der Waals surface area (Å²) in [4.78, 5) is 48.9. The molecular formula is C26H23N3O3S. The first-order valence-corrected chi connectivity index (χ1v) is 11.4. The van der Waals surface area contributed by atoms with Crippen molar-refractivity contribution in [3.05, 3.63) is 76.1 Å². The molecule has 0 atom stereocenters. The molecule has 0 fully saturated rings. The summed E-state index contributed by atoms with van der Waals surface area (Å²) in [5.74, 6) is -0.589. The highest BCUT2D eigenvalue weighted by Gasteiger charge is 2.23. The summed E-state index contributed by atoms with van der Waals surface area (Å²) in [5, 5.41) is -0.380. The van der Waals surface area contributed by atoms with Gasteiger partial charge in [-0.1, -0.05) is 71.4 Å². The summed E-state index contributed by atoms with van der Waals surface area (Å²) in [5.41, 5.74) is 5.31. The van der Waals surface area contributed by atoms with Crippen LogP contribution >= 0.6 is 11.8 Å². The van der Waals surface area contributed by atoms with Gasteiger partial charge in [-0.25, -0.2) is 9.97 Å². The van der Waals surface area contributed by atoms with Gasteiger partial charge < -0.3 is 4.98 Å². The number of nitrogens with zero attached hydrogens (tertiary/aromatic N) is 2. The first-order valence-electron chi connectivity index (χ1n) is 10.5. The Bertz CT molecular complexity index is 1410. The molecule has 2 aromatic heterocycles. The van der Waals surface area contributed by atoms with Gasteiger partial charge in [0.05, 0.1) is 11.1 Å². The summed E-state index contributed by atoms with van der Waals surface area (Å²) >= 11 is 0.935. The summed E-state index contributed by atoms with van der Waals surface area (Å²) in [7, 11) is 0. The number of aromatic nitrogens is 3. The lowest BCUT2D eigenvalue weighted by atomic mass is 9.99. The van der Waals surface area contributed by atoms with Crippen LogP contribution in [0.25, 0.3) is 33.4 Å². The molecule has 0 unspecified atom stereocenters. The number of ketones is 2. The fourth-order valence-electron chi connectivity index (χ4n) is 3.57. The summed E-state index contributed by atoms with van der Waals surface area (Å²) in [6.07, 6.45) is 0. The van der Waals surface area contributed by atoms with Crippen molar-refractivity contribution in [2.75, 3.05) is 0 Å². The van der Waals surface area contributed by atoms with Gasteiger partial charge in [0.25, 0.3) is 5.56 Å². The van der Waals surface area contributed by atoms with Gasteiger partial charge in [-0.2, -0.15) is 0 Å². The Morgan fingerprint density at radius 2 is 1.39 bits per heavy atom. The zero-order valence-electron chi connectivity index (χ0n) is 18.8. The number of rotatable bonds is 6. The van der Waals surface area contributed by atoms with Crippen LogP contribution in [0.1, 0.15) is 25.0 Å². The van der Waals surface area contributed by atoms with Gasteiger partial charge in [0.1, 0.15) is 5.25 Å². The first-order chi connectivity index (χ1) is 15.7. The number of H-pyrrole nitrogens is 1. The van der Waals surface area contributed by atoms with Crippen molar-refractivity contribution in [2.24, 2.45) is 0 Å². The van der Waals surface area contributed by atoms with Crippen molar-refractivity contribution < 1.29 is 9.59 Å². The Balaban J connectivity index is 1.95. The van der Waals surface area contributed by atoms with Crippen LogP contribution in [0.4, 0.5) is 0 Å². The molecule has 4 rings (SSSR count). The maximum absolute atomic E-state index is 13.2. The van der Waals surface area contributed by atoms with Crippen LogP contribution in [0, 0.1) is 13.8 Å². The molecule has 0 aliphatic heterocycles. The van der Waals surface area contributed by atoms with E-state index >= 15 is 0 Å². The number of thioether (sulfide) groups is 1. The zero-order chi connectivity index (χ0) is 23.7. The zero-order valence-corrected chi connectivity index (χ0v) is 19.6.